The summed E-state index contributed by atoms with van der Waals surface area (Å²) < 4.78 is 13.6. The smallest absolute Gasteiger partial charge is 0.332 e. The maximum absolute atomic E-state index is 11.6. The second-order valence-corrected chi connectivity index (χ2v) is 8.01. The lowest BCUT2D eigenvalue weighted by molar-refractivity contribution is -0.149. The second-order valence-electron chi connectivity index (χ2n) is 4.61. The molecule has 0 aliphatic carbocycles. The molecule has 0 aliphatic heterocycles. The highest BCUT2D eigenvalue weighted by Crippen LogP contribution is 2.38. The van der Waals surface area contributed by atoms with E-state index in [9.17, 15) is 9.59 Å². The minimum atomic E-state index is -1.01. The maximum atomic E-state index is 11.6. The Hall–Kier alpha value is 0.110. The molecule has 1 aromatic carbocycles. The predicted octanol–water partition coefficient (Wildman–Crippen LogP) is 3.35. The van der Waals surface area contributed by atoms with Crippen LogP contribution in [0.1, 0.15) is 13.8 Å². The number of hydrogen-bond acceptors (Lipinski definition) is 4. The fourth-order valence-electron chi connectivity index (χ4n) is 1.60. The Morgan fingerprint density at radius 3 is 2.39 bits per heavy atom. The zero-order chi connectivity index (χ0) is 17.7. The summed E-state index contributed by atoms with van der Waals surface area (Å²) in [7, 11) is 1.72. The lowest BCUT2D eigenvalue weighted by atomic mass is 10.2. The van der Waals surface area contributed by atoms with Crippen LogP contribution < -0.4 is 9.64 Å². The molecule has 9 heteroatoms. The highest BCUT2D eigenvalue weighted by Gasteiger charge is 2.20. The first-order chi connectivity index (χ1) is 10.7. The van der Waals surface area contributed by atoms with Crippen molar-refractivity contribution in [3.8, 4) is 5.75 Å². The van der Waals surface area contributed by atoms with Gasteiger partial charge in [0.05, 0.1) is 19.4 Å². The highest BCUT2D eigenvalue weighted by atomic mass is 127. The van der Waals surface area contributed by atoms with Gasteiger partial charge < -0.3 is 19.5 Å². The molecule has 0 aromatic heterocycles. The van der Waals surface area contributed by atoms with E-state index in [4.69, 9.17) is 14.6 Å². The number of nitrogens with zero attached hydrogens (tertiary/aromatic N) is 1. The Morgan fingerprint density at radius 2 is 1.87 bits per heavy atom. The van der Waals surface area contributed by atoms with Crippen molar-refractivity contribution in [3.05, 3.63) is 16.8 Å². The van der Waals surface area contributed by atoms with Crippen LogP contribution in [0.3, 0.4) is 0 Å². The standard InChI is InChI=1S/C14H16I3NO5/c1-7(14(20)21)22-4-5-23-13-10(16)6-9(15)12(11(13)17)18(3)8(2)19/h6-7H,4-5H2,1-3H3,(H,20,21). The third-order valence-corrected chi connectivity index (χ3v) is 5.58. The summed E-state index contributed by atoms with van der Waals surface area (Å²) in [5, 5.41) is 8.76. The summed E-state index contributed by atoms with van der Waals surface area (Å²) >= 11 is 6.51. The molecule has 1 unspecified atom stereocenters. The van der Waals surface area contributed by atoms with Crippen LogP contribution in [0.25, 0.3) is 0 Å². The van der Waals surface area contributed by atoms with Crippen molar-refractivity contribution in [2.75, 3.05) is 25.2 Å². The quantitative estimate of drug-likeness (QED) is 0.360. The fraction of sp³-hybridized carbons (Fsp3) is 0.429. The molecule has 0 bridgehead atoms. The lowest BCUT2D eigenvalue weighted by Crippen LogP contribution is -2.25. The summed E-state index contributed by atoms with van der Waals surface area (Å²) in [6, 6.07) is 1.94. The Kier molecular flexibility index (Phi) is 8.79. The van der Waals surface area contributed by atoms with Gasteiger partial charge >= 0.3 is 5.97 Å². The third-order valence-electron chi connectivity index (χ3n) is 2.96. The molecule has 128 valence electrons. The summed E-state index contributed by atoms with van der Waals surface area (Å²) in [4.78, 5) is 23.9. The molecular weight excluding hydrogens is 643 g/mol. The molecule has 1 amide bonds. The molecule has 0 saturated heterocycles. The van der Waals surface area contributed by atoms with Gasteiger partial charge in [-0.05, 0) is 80.8 Å². The molecule has 0 radical (unpaired) electrons. The molecule has 23 heavy (non-hydrogen) atoms. The van der Waals surface area contributed by atoms with Gasteiger partial charge in [0.15, 0.2) is 6.10 Å². The Balaban J connectivity index is 2.89. The first-order valence-electron chi connectivity index (χ1n) is 6.55. The van der Waals surface area contributed by atoms with Gasteiger partial charge in [0.2, 0.25) is 5.91 Å². The van der Waals surface area contributed by atoms with Crippen molar-refractivity contribution < 1.29 is 24.2 Å². The van der Waals surface area contributed by atoms with Gasteiger partial charge in [-0.2, -0.15) is 0 Å². The zero-order valence-electron chi connectivity index (χ0n) is 12.7. The van der Waals surface area contributed by atoms with E-state index >= 15 is 0 Å². The average Bonchev–Trinajstić information content (AvgIpc) is 2.45. The first-order valence-corrected chi connectivity index (χ1v) is 9.79. The minimum absolute atomic E-state index is 0.0633. The number of hydrogen-bond donors (Lipinski definition) is 1. The van der Waals surface area contributed by atoms with E-state index in [1.807, 2.05) is 6.07 Å². The third kappa shape index (κ3) is 5.85. The molecule has 0 saturated carbocycles. The van der Waals surface area contributed by atoms with Crippen LogP contribution in [-0.2, 0) is 14.3 Å². The number of halogens is 3. The molecule has 1 aromatic rings. The summed E-state index contributed by atoms with van der Waals surface area (Å²) in [5.41, 5.74) is 0.800. The number of benzene rings is 1. The van der Waals surface area contributed by atoms with E-state index in [0.717, 1.165) is 16.4 Å². The second kappa shape index (κ2) is 9.56. The topological polar surface area (TPSA) is 76.1 Å². The van der Waals surface area contributed by atoms with Crippen molar-refractivity contribution >= 4 is 85.3 Å². The van der Waals surface area contributed by atoms with Gasteiger partial charge in [0, 0.05) is 17.5 Å². The SMILES string of the molecule is CC(=O)N(C)c1c(I)cc(I)c(OCCOC(C)C(=O)O)c1I. The molecule has 6 nitrogen and oxygen atoms in total. The molecule has 1 atom stereocenters. The maximum Gasteiger partial charge on any atom is 0.332 e. The van der Waals surface area contributed by atoms with Crippen LogP contribution in [0.4, 0.5) is 5.69 Å². The van der Waals surface area contributed by atoms with Gasteiger partial charge in [0.25, 0.3) is 0 Å². The van der Waals surface area contributed by atoms with Crippen LogP contribution in [0.2, 0.25) is 0 Å². The zero-order valence-corrected chi connectivity index (χ0v) is 19.2. The number of carboxylic acids is 1. The Morgan fingerprint density at radius 1 is 1.26 bits per heavy atom. The van der Waals surface area contributed by atoms with Crippen molar-refractivity contribution in [3.63, 3.8) is 0 Å². The van der Waals surface area contributed by atoms with E-state index in [1.54, 1.807) is 11.9 Å². The first kappa shape index (κ1) is 21.2. The largest absolute Gasteiger partial charge is 0.489 e. The van der Waals surface area contributed by atoms with Crippen LogP contribution in [-0.4, -0.2) is 43.3 Å². The van der Waals surface area contributed by atoms with Crippen molar-refractivity contribution in [1.82, 2.24) is 0 Å². The molecule has 0 fully saturated rings. The minimum Gasteiger partial charge on any atom is -0.489 e. The Labute approximate surface area is 175 Å². The monoisotopic (exact) mass is 659 g/mol. The Bertz CT molecular complexity index is 609. The van der Waals surface area contributed by atoms with Crippen LogP contribution in [0, 0.1) is 10.7 Å². The highest BCUT2D eigenvalue weighted by molar-refractivity contribution is 14.1. The van der Waals surface area contributed by atoms with Crippen molar-refractivity contribution in [1.29, 1.82) is 0 Å². The van der Waals surface area contributed by atoms with Gasteiger partial charge in [-0.15, -0.1) is 0 Å². The van der Waals surface area contributed by atoms with Crippen LogP contribution in [0.15, 0.2) is 6.07 Å². The summed E-state index contributed by atoms with van der Waals surface area (Å²) in [6.45, 7) is 3.38. The number of amides is 1. The molecular formula is C14H16I3NO5. The molecule has 1 rings (SSSR count). The number of aliphatic carboxylic acids is 1. The van der Waals surface area contributed by atoms with Crippen LogP contribution in [0.5, 0.6) is 5.75 Å². The van der Waals surface area contributed by atoms with Gasteiger partial charge in [-0.1, -0.05) is 0 Å². The molecule has 0 heterocycles. The normalized spacial score (nSPS) is 11.9. The van der Waals surface area contributed by atoms with Crippen molar-refractivity contribution in [2.45, 2.75) is 20.0 Å². The van der Waals surface area contributed by atoms with Crippen LogP contribution >= 0.6 is 67.8 Å². The molecule has 1 N–H and O–H groups in total. The van der Waals surface area contributed by atoms with Gasteiger partial charge in [-0.25, -0.2) is 4.79 Å². The number of anilines is 1. The van der Waals surface area contributed by atoms with E-state index in [1.165, 1.54) is 13.8 Å². The lowest BCUT2D eigenvalue weighted by Gasteiger charge is -2.22. The van der Waals surface area contributed by atoms with Crippen molar-refractivity contribution in [2.24, 2.45) is 0 Å². The fourth-order valence-corrected chi connectivity index (χ4v) is 6.01. The van der Waals surface area contributed by atoms with E-state index in [-0.39, 0.29) is 19.1 Å². The number of ether oxygens (including phenoxy) is 2. The van der Waals surface area contributed by atoms with Gasteiger partial charge in [0.1, 0.15) is 12.4 Å². The predicted molar refractivity (Wildman–Crippen MR) is 112 cm³/mol. The number of carboxylic acid groups (broad SMARTS) is 1. The number of carbonyl (C=O) groups is 2. The number of rotatable bonds is 7. The van der Waals surface area contributed by atoms with E-state index < -0.39 is 12.1 Å². The van der Waals surface area contributed by atoms with E-state index in [2.05, 4.69) is 67.8 Å². The number of carbonyl (C=O) groups excluding carboxylic acids is 1. The molecule has 0 aliphatic rings. The van der Waals surface area contributed by atoms with Gasteiger partial charge in [-0.3, -0.25) is 4.79 Å². The molecule has 0 spiro atoms. The average molecular weight is 659 g/mol. The summed E-state index contributed by atoms with van der Waals surface area (Å²) in [6.07, 6.45) is -0.868. The van der Waals surface area contributed by atoms with E-state index in [0.29, 0.717) is 5.75 Å². The summed E-state index contributed by atoms with van der Waals surface area (Å²) in [5.74, 6) is -0.401.